The predicted octanol–water partition coefficient (Wildman–Crippen LogP) is 9.32. The molecular formula is C47H83NO16P2S. The third-order valence-corrected chi connectivity index (χ3v) is 12.7. The molecule has 0 amide bonds. The minimum Gasteiger partial charge on any atom is -0.481 e. The molecule has 17 nitrogen and oxygen atoms in total. The van der Waals surface area contributed by atoms with Crippen molar-refractivity contribution in [2.24, 2.45) is 5.73 Å². The van der Waals surface area contributed by atoms with Gasteiger partial charge in [0.05, 0.1) is 25.9 Å². The minimum absolute atomic E-state index is 0.0724. The number of hydrogen-bond acceptors (Lipinski definition) is 14. The first kappa shape index (κ1) is 64.6. The molecule has 0 aliphatic carbocycles. The monoisotopic (exact) mass is 1010 g/mol. The van der Waals surface area contributed by atoms with Gasteiger partial charge in [-0.3, -0.25) is 28.0 Å². The van der Waals surface area contributed by atoms with Crippen LogP contribution in [0.15, 0.2) is 60.8 Å². The van der Waals surface area contributed by atoms with Crippen LogP contribution in [0.3, 0.4) is 0 Å². The van der Waals surface area contributed by atoms with Gasteiger partial charge in [0.15, 0.2) is 6.10 Å². The Labute approximate surface area is 403 Å². The molecule has 388 valence electrons. The Morgan fingerprint density at radius 2 is 1.19 bits per heavy atom. The van der Waals surface area contributed by atoms with Crippen LogP contribution in [0.25, 0.3) is 0 Å². The van der Waals surface area contributed by atoms with E-state index in [4.69, 9.17) is 34.6 Å². The summed E-state index contributed by atoms with van der Waals surface area (Å²) in [5.41, 5.74) is 6.19. The first-order valence-corrected chi connectivity index (χ1v) is 28.0. The number of carbonyl (C=O) groups is 3. The number of carboxylic acids is 1. The van der Waals surface area contributed by atoms with E-state index in [1.54, 1.807) is 18.2 Å². The maximum atomic E-state index is 13.2. The van der Waals surface area contributed by atoms with Crippen molar-refractivity contribution in [3.63, 3.8) is 0 Å². The average Bonchev–Trinajstić information content (AvgIpc) is 3.27. The number of aliphatic hydroxyl groups is 2. The van der Waals surface area contributed by atoms with Crippen molar-refractivity contribution < 1.29 is 76.6 Å². The molecule has 0 saturated carbocycles. The van der Waals surface area contributed by atoms with E-state index in [0.29, 0.717) is 6.42 Å². The van der Waals surface area contributed by atoms with E-state index in [2.05, 4.69) is 47.2 Å². The Morgan fingerprint density at radius 1 is 0.642 bits per heavy atom. The number of ether oxygens (including phenoxy) is 2. The molecule has 0 aromatic carbocycles. The van der Waals surface area contributed by atoms with E-state index >= 15 is 0 Å². The number of rotatable bonds is 45. The number of nitrogens with two attached hydrogens (primary N) is 1. The summed E-state index contributed by atoms with van der Waals surface area (Å²) in [4.78, 5) is 64.7. The Morgan fingerprint density at radius 3 is 1.84 bits per heavy atom. The Kier molecular flexibility index (Phi) is 40.9. The van der Waals surface area contributed by atoms with Gasteiger partial charge in [-0.2, -0.15) is 0 Å². The van der Waals surface area contributed by atoms with Gasteiger partial charge in [-0.25, -0.2) is 9.13 Å². The normalized spacial score (nSPS) is 15.7. The summed E-state index contributed by atoms with van der Waals surface area (Å²) in [6, 6.07) is -1.30. The SMILES string of the molecule is CCCCC/C=C\C\C=C/C=C/C=C/[C@@H](SC[C@H](N)C(=O)O[C@H](COC(=O)CCCCCCC/C=C\CCCCCCCC)COP(=O)(O)OC[C@@H](O)COP(=O)(O)O)[C@@H](O)CCCC(=O)O. The zero-order valence-corrected chi connectivity index (χ0v) is 42.5. The van der Waals surface area contributed by atoms with Gasteiger partial charge in [-0.05, 0) is 64.2 Å². The fourth-order valence-corrected chi connectivity index (χ4v) is 8.34. The lowest BCUT2D eigenvalue weighted by Crippen LogP contribution is -2.40. The van der Waals surface area contributed by atoms with E-state index in [1.807, 2.05) is 18.2 Å². The summed E-state index contributed by atoms with van der Waals surface area (Å²) >= 11 is 1.13. The van der Waals surface area contributed by atoms with Crippen molar-refractivity contribution in [2.45, 2.75) is 185 Å². The first-order valence-electron chi connectivity index (χ1n) is 23.9. The van der Waals surface area contributed by atoms with Crippen molar-refractivity contribution in [2.75, 3.05) is 32.2 Å². The molecule has 0 fully saturated rings. The topological polar surface area (TPSA) is 279 Å². The van der Waals surface area contributed by atoms with Crippen molar-refractivity contribution in [3.8, 4) is 0 Å². The average molecular weight is 1010 g/mol. The van der Waals surface area contributed by atoms with E-state index in [1.165, 1.54) is 57.8 Å². The highest BCUT2D eigenvalue weighted by molar-refractivity contribution is 8.00. The van der Waals surface area contributed by atoms with Crippen molar-refractivity contribution in [1.29, 1.82) is 0 Å². The fourth-order valence-electron chi connectivity index (χ4n) is 6.06. The lowest BCUT2D eigenvalue weighted by atomic mass is 10.1. The number of carbonyl (C=O) groups excluding carboxylic acids is 2. The summed E-state index contributed by atoms with van der Waals surface area (Å²) in [5, 5.41) is 29.2. The van der Waals surface area contributed by atoms with Crippen molar-refractivity contribution in [1.82, 2.24) is 0 Å². The maximum absolute atomic E-state index is 13.2. The van der Waals surface area contributed by atoms with Crippen LogP contribution in [0, 0.1) is 0 Å². The lowest BCUT2D eigenvalue weighted by molar-refractivity contribution is -0.161. The molecule has 0 bridgehead atoms. The highest BCUT2D eigenvalue weighted by Crippen LogP contribution is 2.44. The molecule has 0 aliphatic rings. The summed E-state index contributed by atoms with van der Waals surface area (Å²) in [7, 11) is -9.91. The zero-order chi connectivity index (χ0) is 50.0. The van der Waals surface area contributed by atoms with Gasteiger partial charge in [0.2, 0.25) is 0 Å². The van der Waals surface area contributed by atoms with Crippen LogP contribution < -0.4 is 5.73 Å². The second-order valence-electron chi connectivity index (χ2n) is 16.2. The molecule has 1 unspecified atom stereocenters. The number of allylic oxidation sites excluding steroid dienone is 9. The van der Waals surface area contributed by atoms with Crippen molar-refractivity contribution in [3.05, 3.63) is 60.8 Å². The largest absolute Gasteiger partial charge is 0.481 e. The standard InChI is InChI=1S/C47H83NO16P2S/c1-3-5-7-9-11-13-15-17-18-19-21-23-25-27-29-34-46(53)60-37-41(38-63-66(58,59)62-36-40(49)35-61-65(55,56)57)64-47(54)42(48)39-67-44(43(50)31-30-33-45(51)52)32-28-26-24-22-20-16-14-12-10-8-6-4-2/h12,14,17-18,20,22,24,26,28,32,40-44,49-50H,3-11,13,15-16,19,21,23,25,27,29-31,33-39,48H2,1-2H3,(H,51,52)(H,58,59)(H2,55,56,57)/b14-12-,18-17-,22-20-,26-24+,32-28+/t40-,41+,42-,43-,44+/m0/s1. The fraction of sp³-hybridized carbons (Fsp3) is 0.723. The second-order valence-corrected chi connectivity index (χ2v) is 20.1. The van der Waals surface area contributed by atoms with Crippen molar-refractivity contribution >= 4 is 45.3 Å². The number of phosphoric ester groups is 2. The van der Waals surface area contributed by atoms with E-state index < -0.39 is 89.6 Å². The molecule has 0 spiro atoms. The van der Waals surface area contributed by atoms with Crippen LogP contribution in [-0.2, 0) is 46.6 Å². The number of hydrogen-bond donors (Lipinski definition) is 7. The number of carboxylic acid groups (broad SMARTS) is 1. The van der Waals surface area contributed by atoms with Crippen LogP contribution in [-0.4, -0.2) is 110 Å². The molecule has 20 heteroatoms. The molecule has 0 aromatic rings. The summed E-state index contributed by atoms with van der Waals surface area (Å²) in [6.07, 6.45) is 35.5. The van der Waals surface area contributed by atoms with Crippen LogP contribution in [0.4, 0.5) is 0 Å². The molecule has 0 aromatic heterocycles. The summed E-state index contributed by atoms with van der Waals surface area (Å²) < 4.78 is 48.0. The quantitative estimate of drug-likeness (QED) is 0.00983. The third-order valence-electron chi connectivity index (χ3n) is 9.87. The molecule has 0 rings (SSSR count). The van der Waals surface area contributed by atoms with Gasteiger partial charge in [-0.1, -0.05) is 139 Å². The molecule has 67 heavy (non-hydrogen) atoms. The minimum atomic E-state index is -4.97. The van der Waals surface area contributed by atoms with Gasteiger partial charge in [0.1, 0.15) is 18.8 Å². The van der Waals surface area contributed by atoms with Crippen LogP contribution >= 0.6 is 27.4 Å². The highest BCUT2D eigenvalue weighted by atomic mass is 32.2. The molecule has 0 heterocycles. The third kappa shape index (κ3) is 43.3. The molecule has 0 radical (unpaired) electrons. The van der Waals surface area contributed by atoms with Gasteiger partial charge >= 0.3 is 33.6 Å². The van der Waals surface area contributed by atoms with E-state index in [-0.39, 0.29) is 31.4 Å². The Balaban J connectivity index is 5.39. The zero-order valence-electron chi connectivity index (χ0n) is 39.9. The number of esters is 2. The van der Waals surface area contributed by atoms with Crippen LogP contribution in [0.1, 0.15) is 155 Å². The Hall–Kier alpha value is -2.44. The summed E-state index contributed by atoms with van der Waals surface area (Å²) in [5.74, 6) is -2.65. The lowest BCUT2D eigenvalue weighted by Gasteiger charge is -2.23. The molecule has 0 saturated heterocycles. The highest BCUT2D eigenvalue weighted by Gasteiger charge is 2.30. The Bertz CT molecular complexity index is 1540. The smallest absolute Gasteiger partial charge is 0.472 e. The van der Waals surface area contributed by atoms with Crippen LogP contribution in [0.2, 0.25) is 0 Å². The second kappa shape index (κ2) is 42.4. The number of unbranched alkanes of at least 4 members (excludes halogenated alkanes) is 14. The molecule has 6 atom stereocenters. The van der Waals surface area contributed by atoms with Gasteiger partial charge in [0, 0.05) is 23.8 Å². The summed E-state index contributed by atoms with van der Waals surface area (Å²) in [6.45, 7) is 1.14. The number of aliphatic hydroxyl groups excluding tert-OH is 2. The van der Waals surface area contributed by atoms with Gasteiger partial charge in [-0.15, -0.1) is 11.8 Å². The molecule has 8 N–H and O–H groups in total. The number of aliphatic carboxylic acids is 1. The van der Waals surface area contributed by atoms with Gasteiger partial charge < -0.3 is 45.2 Å². The molecular weight excluding hydrogens is 929 g/mol. The van der Waals surface area contributed by atoms with Gasteiger partial charge in [0.25, 0.3) is 0 Å². The number of thioether (sulfide) groups is 1. The van der Waals surface area contributed by atoms with E-state index in [9.17, 15) is 38.6 Å². The number of phosphoric acid groups is 2. The van der Waals surface area contributed by atoms with E-state index in [0.717, 1.165) is 63.1 Å². The maximum Gasteiger partial charge on any atom is 0.472 e. The van der Waals surface area contributed by atoms with Crippen LogP contribution in [0.5, 0.6) is 0 Å². The predicted molar refractivity (Wildman–Crippen MR) is 263 cm³/mol. The first-order chi connectivity index (χ1) is 32.0. The molecule has 0 aliphatic heterocycles.